The van der Waals surface area contributed by atoms with Crippen molar-refractivity contribution in [2.75, 3.05) is 0 Å². The van der Waals surface area contributed by atoms with E-state index in [0.717, 1.165) is 0 Å². The molecule has 1 aromatic carbocycles. The molecule has 1 aliphatic rings. The molecule has 0 aliphatic heterocycles. The lowest BCUT2D eigenvalue weighted by Gasteiger charge is -2.11. The first-order chi connectivity index (χ1) is 11.0. The maximum absolute atomic E-state index is 13.7. The van der Waals surface area contributed by atoms with E-state index < -0.39 is 17.7 Å². The molecule has 3 rings (SSSR count). The standard InChI is InChI=1S/C16H16FN3O3/c17-12-3-1-2-4-14(12)20-8-7-13(19-20)15(21)18-11-6-5-10(9-11)16(22)23/h1-4,7-8,10-11H,5-6,9H2,(H,18,21)(H,22,23)/t10-,11+/m1/s1. The topological polar surface area (TPSA) is 84.2 Å². The fourth-order valence-electron chi connectivity index (χ4n) is 2.81. The Morgan fingerprint density at radius 2 is 2.04 bits per heavy atom. The highest BCUT2D eigenvalue weighted by Crippen LogP contribution is 2.25. The first kappa shape index (κ1) is 15.2. The van der Waals surface area contributed by atoms with Crippen molar-refractivity contribution in [1.29, 1.82) is 0 Å². The molecule has 2 N–H and O–H groups in total. The predicted molar refractivity (Wildman–Crippen MR) is 79.8 cm³/mol. The molecule has 23 heavy (non-hydrogen) atoms. The van der Waals surface area contributed by atoms with Gasteiger partial charge in [-0.1, -0.05) is 12.1 Å². The molecule has 0 spiro atoms. The van der Waals surface area contributed by atoms with E-state index in [0.29, 0.717) is 19.3 Å². The fraction of sp³-hybridized carbons (Fsp3) is 0.312. The summed E-state index contributed by atoms with van der Waals surface area (Å²) in [6, 6.07) is 7.49. The Morgan fingerprint density at radius 3 is 2.74 bits per heavy atom. The first-order valence-electron chi connectivity index (χ1n) is 7.39. The van der Waals surface area contributed by atoms with E-state index in [1.54, 1.807) is 18.2 Å². The van der Waals surface area contributed by atoms with Gasteiger partial charge in [0.15, 0.2) is 5.69 Å². The number of carboxylic acids is 1. The Kier molecular flexibility index (Phi) is 4.10. The number of hydrogen-bond acceptors (Lipinski definition) is 3. The van der Waals surface area contributed by atoms with Crippen LogP contribution in [0.3, 0.4) is 0 Å². The number of benzene rings is 1. The Balaban J connectivity index is 1.68. The van der Waals surface area contributed by atoms with Crippen molar-refractivity contribution in [1.82, 2.24) is 15.1 Å². The molecule has 0 bridgehead atoms. The Bertz CT molecular complexity index is 744. The third-order valence-corrected chi connectivity index (χ3v) is 4.04. The fourth-order valence-corrected chi connectivity index (χ4v) is 2.81. The zero-order valence-electron chi connectivity index (χ0n) is 12.3. The van der Waals surface area contributed by atoms with Crippen molar-refractivity contribution in [3.63, 3.8) is 0 Å². The van der Waals surface area contributed by atoms with Gasteiger partial charge in [0, 0.05) is 12.2 Å². The monoisotopic (exact) mass is 317 g/mol. The number of hydrogen-bond donors (Lipinski definition) is 2. The number of nitrogens with zero attached hydrogens (tertiary/aromatic N) is 2. The van der Waals surface area contributed by atoms with Crippen molar-refractivity contribution in [2.45, 2.75) is 25.3 Å². The van der Waals surface area contributed by atoms with Crippen LogP contribution in [0.1, 0.15) is 29.8 Å². The molecule has 1 saturated carbocycles. The van der Waals surface area contributed by atoms with Crippen LogP contribution >= 0.6 is 0 Å². The molecule has 1 fully saturated rings. The Hall–Kier alpha value is -2.70. The van der Waals surface area contributed by atoms with Crippen molar-refractivity contribution < 1.29 is 19.1 Å². The highest BCUT2D eigenvalue weighted by atomic mass is 19.1. The van der Waals surface area contributed by atoms with Gasteiger partial charge in [-0.2, -0.15) is 5.10 Å². The smallest absolute Gasteiger partial charge is 0.306 e. The van der Waals surface area contributed by atoms with E-state index in [4.69, 9.17) is 5.11 Å². The molecule has 0 saturated heterocycles. The average molecular weight is 317 g/mol. The van der Waals surface area contributed by atoms with Crippen molar-refractivity contribution in [2.24, 2.45) is 5.92 Å². The van der Waals surface area contributed by atoms with Gasteiger partial charge in [0.2, 0.25) is 0 Å². The molecule has 0 unspecified atom stereocenters. The number of para-hydroxylation sites is 1. The van der Waals surface area contributed by atoms with Crippen LogP contribution in [-0.4, -0.2) is 32.8 Å². The van der Waals surface area contributed by atoms with E-state index in [1.165, 1.54) is 23.0 Å². The summed E-state index contributed by atoms with van der Waals surface area (Å²) in [4.78, 5) is 23.1. The number of nitrogens with one attached hydrogen (secondary N) is 1. The van der Waals surface area contributed by atoms with E-state index in [-0.39, 0.29) is 23.3 Å². The number of carbonyl (C=O) groups excluding carboxylic acids is 1. The minimum absolute atomic E-state index is 0.165. The maximum atomic E-state index is 13.7. The molecule has 1 amide bonds. The predicted octanol–water partition coefficient (Wildman–Crippen LogP) is 1.99. The summed E-state index contributed by atoms with van der Waals surface area (Å²) in [5, 5.41) is 15.8. The molecular formula is C16H16FN3O3. The summed E-state index contributed by atoms with van der Waals surface area (Å²) in [6.45, 7) is 0. The zero-order valence-corrected chi connectivity index (χ0v) is 12.3. The lowest BCUT2D eigenvalue weighted by molar-refractivity contribution is -0.141. The van der Waals surface area contributed by atoms with Gasteiger partial charge in [0.25, 0.3) is 5.91 Å². The van der Waals surface area contributed by atoms with Crippen molar-refractivity contribution >= 4 is 11.9 Å². The third-order valence-electron chi connectivity index (χ3n) is 4.04. The van der Waals surface area contributed by atoms with Gasteiger partial charge in [0.1, 0.15) is 11.5 Å². The SMILES string of the molecule is O=C(N[C@H]1CC[C@@H](C(=O)O)C1)c1ccn(-c2ccccc2F)n1. The summed E-state index contributed by atoms with van der Waals surface area (Å²) < 4.78 is 15.0. The second-order valence-corrected chi connectivity index (χ2v) is 5.62. The molecular weight excluding hydrogens is 301 g/mol. The summed E-state index contributed by atoms with van der Waals surface area (Å²) in [7, 11) is 0. The molecule has 1 aliphatic carbocycles. The van der Waals surface area contributed by atoms with Gasteiger partial charge in [-0.25, -0.2) is 9.07 Å². The van der Waals surface area contributed by atoms with Crippen LogP contribution in [0.5, 0.6) is 0 Å². The molecule has 120 valence electrons. The van der Waals surface area contributed by atoms with E-state index in [1.807, 2.05) is 0 Å². The molecule has 0 radical (unpaired) electrons. The summed E-state index contributed by atoms with van der Waals surface area (Å²) in [5.41, 5.74) is 0.436. The number of rotatable bonds is 4. The minimum Gasteiger partial charge on any atom is -0.481 e. The van der Waals surface area contributed by atoms with Crippen LogP contribution in [0, 0.1) is 11.7 Å². The van der Waals surface area contributed by atoms with E-state index >= 15 is 0 Å². The lowest BCUT2D eigenvalue weighted by atomic mass is 10.1. The number of amides is 1. The van der Waals surface area contributed by atoms with Crippen molar-refractivity contribution in [3.8, 4) is 5.69 Å². The number of carbonyl (C=O) groups is 2. The number of halogens is 1. The summed E-state index contributed by atoms with van der Waals surface area (Å²) in [6.07, 6.45) is 3.14. The normalized spacial score (nSPS) is 20.4. The molecule has 7 heteroatoms. The van der Waals surface area contributed by atoms with Gasteiger partial charge in [-0.3, -0.25) is 9.59 Å². The number of aliphatic carboxylic acids is 1. The van der Waals surface area contributed by atoms with Crippen LogP contribution in [0.25, 0.3) is 5.69 Å². The first-order valence-corrected chi connectivity index (χ1v) is 7.39. The molecule has 2 atom stereocenters. The molecule has 6 nitrogen and oxygen atoms in total. The highest BCUT2D eigenvalue weighted by Gasteiger charge is 2.31. The maximum Gasteiger partial charge on any atom is 0.306 e. The summed E-state index contributed by atoms with van der Waals surface area (Å²) in [5.74, 6) is -2.04. The molecule has 1 heterocycles. The largest absolute Gasteiger partial charge is 0.481 e. The quantitative estimate of drug-likeness (QED) is 0.903. The number of carboxylic acid groups (broad SMARTS) is 1. The van der Waals surface area contributed by atoms with Crippen LogP contribution < -0.4 is 5.32 Å². The van der Waals surface area contributed by atoms with Gasteiger partial charge in [-0.05, 0) is 37.5 Å². The van der Waals surface area contributed by atoms with Gasteiger partial charge in [0.05, 0.1) is 5.92 Å². The van der Waals surface area contributed by atoms with Crippen LogP contribution in [0.15, 0.2) is 36.5 Å². The van der Waals surface area contributed by atoms with Gasteiger partial charge in [-0.15, -0.1) is 0 Å². The van der Waals surface area contributed by atoms with Crippen LogP contribution in [-0.2, 0) is 4.79 Å². The van der Waals surface area contributed by atoms with E-state index in [9.17, 15) is 14.0 Å². The number of aromatic nitrogens is 2. The molecule has 2 aromatic rings. The highest BCUT2D eigenvalue weighted by molar-refractivity contribution is 5.92. The second-order valence-electron chi connectivity index (χ2n) is 5.62. The minimum atomic E-state index is -0.828. The lowest BCUT2D eigenvalue weighted by Crippen LogP contribution is -2.33. The van der Waals surface area contributed by atoms with Crippen LogP contribution in [0.2, 0.25) is 0 Å². The zero-order chi connectivity index (χ0) is 16.4. The summed E-state index contributed by atoms with van der Waals surface area (Å²) >= 11 is 0. The van der Waals surface area contributed by atoms with Gasteiger partial charge < -0.3 is 10.4 Å². The Morgan fingerprint density at radius 1 is 1.26 bits per heavy atom. The van der Waals surface area contributed by atoms with Crippen LogP contribution in [0.4, 0.5) is 4.39 Å². The van der Waals surface area contributed by atoms with Gasteiger partial charge >= 0.3 is 5.97 Å². The average Bonchev–Trinajstić information content (AvgIpc) is 3.16. The van der Waals surface area contributed by atoms with Crippen molar-refractivity contribution in [3.05, 3.63) is 48.0 Å². The molecule has 1 aromatic heterocycles. The van der Waals surface area contributed by atoms with E-state index in [2.05, 4.69) is 10.4 Å². The second kappa shape index (κ2) is 6.20. The Labute approximate surface area is 131 Å². The third kappa shape index (κ3) is 3.23.